The van der Waals surface area contributed by atoms with Crippen LogP contribution in [0.2, 0.25) is 5.02 Å². The molecular weight excluding hydrogens is 434 g/mol. The molecular formula is C22H22ClN5O2S. The van der Waals surface area contributed by atoms with Crippen LogP contribution in [0.3, 0.4) is 0 Å². The van der Waals surface area contributed by atoms with E-state index in [1.165, 1.54) is 11.8 Å². The van der Waals surface area contributed by atoms with Crippen molar-refractivity contribution in [2.45, 2.75) is 38.0 Å². The maximum atomic E-state index is 12.9. The summed E-state index contributed by atoms with van der Waals surface area (Å²) in [5.41, 5.74) is 1.63. The standard InChI is InChI=1S/C22H22ClN5O2S/c1-3-12-27-20(30)17-6-4-5-7-18(17)28-21(27)25-26-22(28)31-13-19(29)24-14(2)15-8-10-16(23)11-9-15/h4-11,14H,3,12-13H2,1-2H3,(H,24,29). The largest absolute Gasteiger partial charge is 0.349 e. The molecule has 2 aromatic carbocycles. The van der Waals surface area contributed by atoms with E-state index in [0.717, 1.165) is 17.5 Å². The van der Waals surface area contributed by atoms with Crippen molar-refractivity contribution in [3.8, 4) is 0 Å². The normalized spacial score (nSPS) is 12.4. The minimum absolute atomic E-state index is 0.0802. The molecule has 0 aliphatic carbocycles. The van der Waals surface area contributed by atoms with E-state index >= 15 is 0 Å². The summed E-state index contributed by atoms with van der Waals surface area (Å²) in [6.07, 6.45) is 0.800. The Balaban J connectivity index is 1.58. The Bertz CT molecular complexity index is 1300. The van der Waals surface area contributed by atoms with Crippen molar-refractivity contribution >= 4 is 46.0 Å². The lowest BCUT2D eigenvalue weighted by Crippen LogP contribution is -2.28. The Morgan fingerprint density at radius 2 is 1.90 bits per heavy atom. The average molecular weight is 456 g/mol. The van der Waals surface area contributed by atoms with E-state index in [9.17, 15) is 9.59 Å². The fourth-order valence-electron chi connectivity index (χ4n) is 3.50. The number of para-hydroxylation sites is 1. The number of thioether (sulfide) groups is 1. The van der Waals surface area contributed by atoms with E-state index < -0.39 is 0 Å². The van der Waals surface area contributed by atoms with E-state index in [2.05, 4.69) is 15.5 Å². The van der Waals surface area contributed by atoms with Crippen LogP contribution in [0, 0.1) is 0 Å². The number of carbonyl (C=O) groups is 1. The minimum Gasteiger partial charge on any atom is -0.349 e. The number of amides is 1. The summed E-state index contributed by atoms with van der Waals surface area (Å²) in [5.74, 6) is 0.554. The van der Waals surface area contributed by atoms with Gasteiger partial charge in [0.2, 0.25) is 11.7 Å². The second-order valence-corrected chi connectivity index (χ2v) is 8.60. The molecule has 2 aromatic heterocycles. The molecule has 0 radical (unpaired) electrons. The molecule has 9 heteroatoms. The molecule has 2 heterocycles. The Morgan fingerprint density at radius 1 is 1.16 bits per heavy atom. The summed E-state index contributed by atoms with van der Waals surface area (Å²) < 4.78 is 3.50. The summed E-state index contributed by atoms with van der Waals surface area (Å²) in [4.78, 5) is 25.4. The third kappa shape index (κ3) is 4.31. The molecule has 0 aliphatic rings. The topological polar surface area (TPSA) is 81.3 Å². The molecule has 0 saturated heterocycles. The SMILES string of the molecule is CCCn1c(=O)c2ccccc2n2c(SCC(=O)NC(C)c3ccc(Cl)cc3)nnc12. The van der Waals surface area contributed by atoms with Gasteiger partial charge in [-0.05, 0) is 43.2 Å². The molecule has 31 heavy (non-hydrogen) atoms. The maximum absolute atomic E-state index is 12.9. The van der Waals surface area contributed by atoms with Crippen molar-refractivity contribution in [2.75, 3.05) is 5.75 Å². The number of nitrogens with one attached hydrogen (secondary N) is 1. The van der Waals surface area contributed by atoms with Crippen molar-refractivity contribution in [1.82, 2.24) is 24.5 Å². The molecule has 1 atom stereocenters. The number of aromatic nitrogens is 4. The van der Waals surface area contributed by atoms with Crippen LogP contribution in [0.4, 0.5) is 0 Å². The van der Waals surface area contributed by atoms with Crippen LogP contribution < -0.4 is 10.9 Å². The van der Waals surface area contributed by atoms with Gasteiger partial charge in [-0.2, -0.15) is 0 Å². The van der Waals surface area contributed by atoms with Crippen LogP contribution >= 0.6 is 23.4 Å². The number of nitrogens with zero attached hydrogens (tertiary/aromatic N) is 4. The van der Waals surface area contributed by atoms with Crippen molar-refractivity contribution in [3.63, 3.8) is 0 Å². The van der Waals surface area contributed by atoms with Crippen LogP contribution in [0.1, 0.15) is 31.9 Å². The highest BCUT2D eigenvalue weighted by Gasteiger charge is 2.18. The van der Waals surface area contributed by atoms with E-state index in [4.69, 9.17) is 11.6 Å². The molecule has 4 rings (SSSR count). The number of fused-ring (bicyclic) bond motifs is 3. The van der Waals surface area contributed by atoms with Crippen molar-refractivity contribution in [1.29, 1.82) is 0 Å². The van der Waals surface area contributed by atoms with Gasteiger partial charge < -0.3 is 5.32 Å². The molecule has 0 saturated carbocycles. The zero-order chi connectivity index (χ0) is 22.0. The lowest BCUT2D eigenvalue weighted by Gasteiger charge is -2.14. The molecule has 0 spiro atoms. The van der Waals surface area contributed by atoms with Gasteiger partial charge in [0.05, 0.1) is 22.7 Å². The third-order valence-corrected chi connectivity index (χ3v) is 6.19. The number of hydrogen-bond acceptors (Lipinski definition) is 5. The Kier molecular flexibility index (Phi) is 6.29. The molecule has 1 N–H and O–H groups in total. The van der Waals surface area contributed by atoms with Gasteiger partial charge >= 0.3 is 0 Å². The Morgan fingerprint density at radius 3 is 2.65 bits per heavy atom. The van der Waals surface area contributed by atoms with Crippen LogP contribution in [0.15, 0.2) is 58.5 Å². The Hall–Kier alpha value is -2.84. The molecule has 1 unspecified atom stereocenters. The number of aryl methyl sites for hydroxylation is 1. The van der Waals surface area contributed by atoms with Gasteiger partial charge in [-0.15, -0.1) is 10.2 Å². The highest BCUT2D eigenvalue weighted by molar-refractivity contribution is 7.99. The van der Waals surface area contributed by atoms with E-state index in [1.807, 2.05) is 48.6 Å². The van der Waals surface area contributed by atoms with Gasteiger partial charge in [0.1, 0.15) is 0 Å². The summed E-state index contributed by atoms with van der Waals surface area (Å²) in [6.45, 7) is 4.49. The first-order valence-corrected chi connectivity index (χ1v) is 11.4. The van der Waals surface area contributed by atoms with Crippen LogP contribution in [-0.4, -0.2) is 30.8 Å². The van der Waals surface area contributed by atoms with Gasteiger partial charge in [-0.25, -0.2) is 0 Å². The lowest BCUT2D eigenvalue weighted by atomic mass is 10.1. The van der Waals surface area contributed by atoms with E-state index in [0.29, 0.717) is 27.9 Å². The molecule has 7 nitrogen and oxygen atoms in total. The number of hydrogen-bond donors (Lipinski definition) is 1. The maximum Gasteiger partial charge on any atom is 0.262 e. The fraction of sp³-hybridized carbons (Fsp3) is 0.273. The van der Waals surface area contributed by atoms with Crippen LogP contribution in [0.5, 0.6) is 0 Å². The first-order chi connectivity index (χ1) is 15.0. The van der Waals surface area contributed by atoms with Gasteiger partial charge in [-0.3, -0.25) is 18.6 Å². The van der Waals surface area contributed by atoms with E-state index in [-0.39, 0.29) is 23.3 Å². The predicted octanol–water partition coefficient (Wildman–Crippen LogP) is 4.08. The summed E-state index contributed by atoms with van der Waals surface area (Å²) in [5, 5.41) is 13.3. The van der Waals surface area contributed by atoms with Gasteiger partial charge in [-0.1, -0.05) is 54.6 Å². The molecule has 160 valence electrons. The lowest BCUT2D eigenvalue weighted by molar-refractivity contribution is -0.119. The van der Waals surface area contributed by atoms with Gasteiger partial charge in [0.25, 0.3) is 5.56 Å². The number of carbonyl (C=O) groups excluding carboxylic acids is 1. The number of benzene rings is 2. The molecule has 0 bridgehead atoms. The number of halogens is 1. The number of rotatable bonds is 7. The smallest absolute Gasteiger partial charge is 0.262 e. The molecule has 0 fully saturated rings. The average Bonchev–Trinajstić information content (AvgIpc) is 3.19. The van der Waals surface area contributed by atoms with Crippen LogP contribution in [0.25, 0.3) is 16.7 Å². The van der Waals surface area contributed by atoms with Crippen molar-refractivity contribution < 1.29 is 4.79 Å². The van der Waals surface area contributed by atoms with E-state index in [1.54, 1.807) is 22.8 Å². The first-order valence-electron chi connectivity index (χ1n) is 10.0. The van der Waals surface area contributed by atoms with Crippen molar-refractivity contribution in [2.24, 2.45) is 0 Å². The summed E-state index contributed by atoms with van der Waals surface area (Å²) >= 11 is 7.22. The highest BCUT2D eigenvalue weighted by Crippen LogP contribution is 2.22. The first kappa shape index (κ1) is 21.4. The van der Waals surface area contributed by atoms with Gasteiger partial charge in [0.15, 0.2) is 5.16 Å². The summed E-state index contributed by atoms with van der Waals surface area (Å²) in [6, 6.07) is 14.6. The van der Waals surface area contributed by atoms with Crippen LogP contribution in [-0.2, 0) is 11.3 Å². The molecule has 1 amide bonds. The highest BCUT2D eigenvalue weighted by atomic mass is 35.5. The van der Waals surface area contributed by atoms with Gasteiger partial charge in [0, 0.05) is 11.6 Å². The molecule has 4 aromatic rings. The Labute approximate surface area is 188 Å². The second kappa shape index (κ2) is 9.11. The third-order valence-electron chi connectivity index (χ3n) is 5.01. The zero-order valence-electron chi connectivity index (χ0n) is 17.2. The second-order valence-electron chi connectivity index (χ2n) is 7.22. The predicted molar refractivity (Wildman–Crippen MR) is 124 cm³/mol. The zero-order valence-corrected chi connectivity index (χ0v) is 18.8. The fourth-order valence-corrected chi connectivity index (χ4v) is 4.38. The summed E-state index contributed by atoms with van der Waals surface area (Å²) in [7, 11) is 0. The van der Waals surface area contributed by atoms with Crippen molar-refractivity contribution in [3.05, 3.63) is 69.5 Å². The molecule has 0 aliphatic heterocycles. The minimum atomic E-state index is -0.143. The monoisotopic (exact) mass is 455 g/mol. The quantitative estimate of drug-likeness (QED) is 0.425.